The summed E-state index contributed by atoms with van der Waals surface area (Å²) in [5.74, 6) is 0.0740. The Morgan fingerprint density at radius 3 is 1.62 bits per heavy atom. The summed E-state index contributed by atoms with van der Waals surface area (Å²) in [6, 6.07) is 20.1. The van der Waals surface area contributed by atoms with Gasteiger partial charge in [0.25, 0.3) is 0 Å². The van der Waals surface area contributed by atoms with E-state index in [2.05, 4.69) is 0 Å². The topological polar surface area (TPSA) is 17.1 Å². The summed E-state index contributed by atoms with van der Waals surface area (Å²) in [7, 11) is 0. The van der Waals surface area contributed by atoms with Crippen LogP contribution in [0.2, 0.25) is 0 Å². The molecule has 0 unspecified atom stereocenters. The average molecular weight is 228 g/mol. The first-order valence-corrected chi connectivity index (χ1v) is 5.94. The van der Waals surface area contributed by atoms with Crippen LogP contribution in [0.1, 0.15) is 17.0 Å². The van der Waals surface area contributed by atoms with Crippen molar-refractivity contribution in [2.45, 2.75) is 5.92 Å². The van der Waals surface area contributed by atoms with Gasteiger partial charge in [-0.15, -0.1) is 0 Å². The van der Waals surface area contributed by atoms with Gasteiger partial charge in [0, 0.05) is 11.3 Å². The van der Waals surface area contributed by atoms with Gasteiger partial charge >= 0.3 is 0 Å². The normalized spacial score (nSPS) is 10.1. The van der Waals surface area contributed by atoms with Gasteiger partial charge in [-0.25, -0.2) is 4.21 Å². The molecule has 0 saturated carbocycles. The van der Waals surface area contributed by atoms with Crippen LogP contribution in [0.4, 0.5) is 0 Å². The molecule has 2 aromatic rings. The molecule has 0 saturated heterocycles. The second-order valence-corrected chi connectivity index (χ2v) is 4.00. The molecule has 0 radical (unpaired) electrons. The molecule has 0 aliphatic rings. The molecule has 0 atom stereocenters. The van der Waals surface area contributed by atoms with E-state index in [9.17, 15) is 4.21 Å². The summed E-state index contributed by atoms with van der Waals surface area (Å²) in [6.07, 6.45) is 0. The largest absolute Gasteiger partial charge is 0.213 e. The zero-order valence-electron chi connectivity index (χ0n) is 8.74. The molecule has 0 fully saturated rings. The Bertz CT molecular complexity index is 447. The monoisotopic (exact) mass is 228 g/mol. The van der Waals surface area contributed by atoms with Gasteiger partial charge in [-0.05, 0) is 11.1 Å². The molecule has 80 valence electrons. The zero-order chi connectivity index (χ0) is 11.2. The maximum absolute atomic E-state index is 10.7. The minimum atomic E-state index is 0.0740. The van der Waals surface area contributed by atoms with Crippen LogP contribution < -0.4 is 0 Å². The number of hydrogen-bond donors (Lipinski definition) is 0. The Kier molecular flexibility index (Phi) is 3.67. The smallest absolute Gasteiger partial charge is 0.0851 e. The Morgan fingerprint density at radius 2 is 1.25 bits per heavy atom. The van der Waals surface area contributed by atoms with Crippen LogP contribution in [0, 0.1) is 0 Å². The first-order valence-electron chi connectivity index (χ1n) is 5.13. The molecule has 0 amide bonds. The molecule has 0 N–H and O–H groups in total. The molecular weight excluding hydrogens is 216 g/mol. The molecule has 2 aromatic carbocycles. The van der Waals surface area contributed by atoms with Crippen molar-refractivity contribution in [2.75, 3.05) is 0 Å². The number of rotatable bonds is 3. The fourth-order valence-corrected chi connectivity index (χ4v) is 2.15. The van der Waals surface area contributed by atoms with E-state index in [0.717, 1.165) is 11.1 Å². The maximum atomic E-state index is 10.7. The van der Waals surface area contributed by atoms with E-state index in [0.29, 0.717) is 11.3 Å². The first kappa shape index (κ1) is 10.8. The lowest BCUT2D eigenvalue weighted by Crippen LogP contribution is -2.01. The Labute approximate surface area is 98.8 Å². The molecule has 1 nitrogen and oxygen atoms in total. The minimum Gasteiger partial charge on any atom is -0.213 e. The van der Waals surface area contributed by atoms with Gasteiger partial charge in [0.15, 0.2) is 0 Å². The van der Waals surface area contributed by atoms with Crippen molar-refractivity contribution in [3.05, 3.63) is 71.8 Å². The van der Waals surface area contributed by atoms with Crippen molar-refractivity contribution in [1.29, 1.82) is 0 Å². The van der Waals surface area contributed by atoms with Crippen LogP contribution in [0.15, 0.2) is 60.7 Å². The highest BCUT2D eigenvalue weighted by molar-refractivity contribution is 7.64. The molecule has 0 aromatic heterocycles. The van der Waals surface area contributed by atoms with Gasteiger partial charge in [-0.3, -0.25) is 0 Å². The fraction of sp³-hybridized carbons (Fsp3) is 0.0714. The Hall–Kier alpha value is -1.67. The van der Waals surface area contributed by atoms with E-state index >= 15 is 0 Å². The SMILES string of the molecule is O=S=CC(c1ccccc1)c1ccccc1. The van der Waals surface area contributed by atoms with Crippen molar-refractivity contribution < 1.29 is 4.21 Å². The van der Waals surface area contributed by atoms with Gasteiger partial charge in [0.05, 0.1) is 11.3 Å². The molecule has 0 aliphatic heterocycles. The third-order valence-corrected chi connectivity index (χ3v) is 2.89. The Morgan fingerprint density at radius 1 is 0.812 bits per heavy atom. The lowest BCUT2D eigenvalue weighted by atomic mass is 9.93. The van der Waals surface area contributed by atoms with E-state index in [1.54, 1.807) is 5.37 Å². The lowest BCUT2D eigenvalue weighted by molar-refractivity contribution is 0.701. The molecule has 2 heteroatoms. The number of hydrogen-bond acceptors (Lipinski definition) is 1. The van der Waals surface area contributed by atoms with Crippen molar-refractivity contribution in [3.8, 4) is 0 Å². The van der Waals surface area contributed by atoms with E-state index in [1.807, 2.05) is 60.7 Å². The summed E-state index contributed by atoms with van der Waals surface area (Å²) >= 11 is 0.524. The van der Waals surface area contributed by atoms with Crippen molar-refractivity contribution in [2.24, 2.45) is 0 Å². The highest BCUT2D eigenvalue weighted by Crippen LogP contribution is 2.21. The highest BCUT2D eigenvalue weighted by Gasteiger charge is 2.10. The standard InChI is InChI=1S/C14H12OS/c15-16-11-14(12-7-3-1-4-8-12)13-9-5-2-6-10-13/h1-11,14H. The van der Waals surface area contributed by atoms with Crippen LogP contribution >= 0.6 is 0 Å². The Balaban J connectivity index is 2.43. The molecule has 16 heavy (non-hydrogen) atoms. The van der Waals surface area contributed by atoms with Gasteiger partial charge in [-0.2, -0.15) is 0 Å². The van der Waals surface area contributed by atoms with Gasteiger partial charge in [0.2, 0.25) is 0 Å². The lowest BCUT2D eigenvalue weighted by Gasteiger charge is -2.11. The summed E-state index contributed by atoms with van der Waals surface area (Å²) < 4.78 is 10.7. The van der Waals surface area contributed by atoms with Gasteiger partial charge < -0.3 is 0 Å². The quantitative estimate of drug-likeness (QED) is 0.738. The van der Waals surface area contributed by atoms with Crippen molar-refractivity contribution in [1.82, 2.24) is 0 Å². The number of benzene rings is 2. The van der Waals surface area contributed by atoms with Crippen LogP contribution in [0.3, 0.4) is 0 Å². The summed E-state index contributed by atoms with van der Waals surface area (Å²) in [5.41, 5.74) is 2.30. The van der Waals surface area contributed by atoms with E-state index in [4.69, 9.17) is 0 Å². The van der Waals surface area contributed by atoms with Crippen molar-refractivity contribution in [3.63, 3.8) is 0 Å². The van der Waals surface area contributed by atoms with Gasteiger partial charge in [-0.1, -0.05) is 60.7 Å². The van der Waals surface area contributed by atoms with Crippen LogP contribution in [0.5, 0.6) is 0 Å². The molecule has 0 heterocycles. The molecule has 0 bridgehead atoms. The maximum Gasteiger partial charge on any atom is 0.0851 e. The molecular formula is C14H12OS. The molecule has 2 rings (SSSR count). The second kappa shape index (κ2) is 5.42. The highest BCUT2D eigenvalue weighted by atomic mass is 32.1. The van der Waals surface area contributed by atoms with Crippen LogP contribution in [0.25, 0.3) is 0 Å². The van der Waals surface area contributed by atoms with Crippen molar-refractivity contribution >= 4 is 16.6 Å². The van der Waals surface area contributed by atoms with E-state index in [1.165, 1.54) is 0 Å². The van der Waals surface area contributed by atoms with Gasteiger partial charge in [0.1, 0.15) is 0 Å². The zero-order valence-corrected chi connectivity index (χ0v) is 9.56. The first-order chi connectivity index (χ1) is 7.92. The fourth-order valence-electron chi connectivity index (χ4n) is 1.73. The summed E-state index contributed by atoms with van der Waals surface area (Å²) in [6.45, 7) is 0. The minimum absolute atomic E-state index is 0.0740. The second-order valence-electron chi connectivity index (χ2n) is 3.53. The molecule has 0 aliphatic carbocycles. The summed E-state index contributed by atoms with van der Waals surface area (Å²) in [5, 5.41) is 1.73. The third kappa shape index (κ3) is 2.47. The van der Waals surface area contributed by atoms with E-state index < -0.39 is 0 Å². The van der Waals surface area contributed by atoms with Crippen LogP contribution in [-0.2, 0) is 11.3 Å². The van der Waals surface area contributed by atoms with Crippen LogP contribution in [-0.4, -0.2) is 9.58 Å². The predicted octanol–water partition coefficient (Wildman–Crippen LogP) is 2.83. The third-order valence-electron chi connectivity index (χ3n) is 2.51. The van der Waals surface area contributed by atoms with E-state index in [-0.39, 0.29) is 5.92 Å². The molecule has 0 spiro atoms. The summed E-state index contributed by atoms with van der Waals surface area (Å²) in [4.78, 5) is 0. The average Bonchev–Trinajstić information content (AvgIpc) is 2.38. The predicted molar refractivity (Wildman–Crippen MR) is 68.9 cm³/mol.